The number of phenolic OH excluding ortho intramolecular Hbond substituents is 2. The molecule has 0 spiro atoms. The zero-order valence-corrected chi connectivity index (χ0v) is 16.3. The highest BCUT2D eigenvalue weighted by Crippen LogP contribution is 2.46. The third-order valence-corrected chi connectivity index (χ3v) is 6.38. The zero-order chi connectivity index (χ0) is 16.0. The summed E-state index contributed by atoms with van der Waals surface area (Å²) in [6, 6.07) is 0. The molecule has 0 fully saturated rings. The van der Waals surface area contributed by atoms with E-state index in [1.54, 1.807) is 0 Å². The van der Waals surface area contributed by atoms with Crippen LogP contribution in [0, 0.1) is 0 Å². The molecule has 7 heteroatoms. The monoisotopic (exact) mass is 486 g/mol. The zero-order valence-electron chi connectivity index (χ0n) is 11.6. The third kappa shape index (κ3) is 4.86. The van der Waals surface area contributed by atoms with E-state index in [-0.39, 0.29) is 10.0 Å². The summed E-state index contributed by atoms with van der Waals surface area (Å²) < 4.78 is 6.18. The van der Waals surface area contributed by atoms with Crippen LogP contribution in [0.1, 0.15) is 49.4 Å². The van der Waals surface area contributed by atoms with Crippen LogP contribution in [0.3, 0.4) is 0 Å². The lowest BCUT2D eigenvalue weighted by Gasteiger charge is -2.12. The predicted molar refractivity (Wildman–Crippen MR) is 91.9 cm³/mol. The summed E-state index contributed by atoms with van der Waals surface area (Å²) in [5, 5.41) is 19.6. The number of phenols is 2. The van der Waals surface area contributed by atoms with E-state index < -0.39 is 17.5 Å². The van der Waals surface area contributed by atoms with E-state index in [0.29, 0.717) is 15.6 Å². The average molecular weight is 489 g/mol. The summed E-state index contributed by atoms with van der Waals surface area (Å²) in [5.41, 5.74) is -0.0869. The average Bonchev–Trinajstić information content (AvgIpc) is 2.47. The fourth-order valence-corrected chi connectivity index (χ4v) is 3.35. The summed E-state index contributed by atoms with van der Waals surface area (Å²) in [7, 11) is 0. The van der Waals surface area contributed by atoms with Gasteiger partial charge < -0.3 is 14.9 Å². The van der Waals surface area contributed by atoms with E-state index >= 15 is 0 Å². The number of carbonyl (C=O) groups is 1. The fraction of sp³-hybridized carbons (Fsp3) is 0.500. The first kappa shape index (κ1) is 18.8. The minimum absolute atomic E-state index is 0.0869. The van der Waals surface area contributed by atoms with Gasteiger partial charge in [-0.25, -0.2) is 4.79 Å². The number of benzene rings is 1. The number of carbonyl (C=O) groups excluding carboxylic acids is 1. The van der Waals surface area contributed by atoms with E-state index in [0.717, 1.165) is 25.7 Å². The largest absolute Gasteiger partial charge is 0.504 e. The molecule has 0 aliphatic heterocycles. The molecule has 0 bridgehead atoms. The maximum absolute atomic E-state index is 12.0. The van der Waals surface area contributed by atoms with Gasteiger partial charge in [0, 0.05) is 0 Å². The smallest absolute Gasteiger partial charge is 0.343 e. The highest BCUT2D eigenvalue weighted by Gasteiger charge is 2.25. The van der Waals surface area contributed by atoms with Crippen molar-refractivity contribution in [2.75, 3.05) is 6.61 Å². The van der Waals surface area contributed by atoms with Gasteiger partial charge in [-0.1, -0.05) is 32.6 Å². The Morgan fingerprint density at radius 2 is 1.57 bits per heavy atom. The van der Waals surface area contributed by atoms with Crippen molar-refractivity contribution in [3.63, 3.8) is 0 Å². The minimum atomic E-state index is -0.668. The van der Waals surface area contributed by atoms with Crippen molar-refractivity contribution < 1.29 is 19.7 Å². The van der Waals surface area contributed by atoms with Crippen LogP contribution in [0.2, 0.25) is 0 Å². The van der Waals surface area contributed by atoms with Gasteiger partial charge in [-0.15, -0.1) is 0 Å². The standard InChI is InChI=1S/C14H17Br3O4/c1-2-3-4-5-6-7-21-14(20)8-9(15)10(16)11(17)13(19)12(8)18/h18-19H,2-7H2,1H3. The number of esters is 1. The molecule has 0 atom stereocenters. The lowest BCUT2D eigenvalue weighted by Crippen LogP contribution is -2.08. The Morgan fingerprint density at radius 3 is 2.19 bits per heavy atom. The molecular weight excluding hydrogens is 472 g/mol. The van der Waals surface area contributed by atoms with Crippen LogP contribution in [0.15, 0.2) is 13.4 Å². The van der Waals surface area contributed by atoms with Gasteiger partial charge in [0.05, 0.1) is 20.0 Å². The first-order chi connectivity index (χ1) is 9.91. The van der Waals surface area contributed by atoms with Gasteiger partial charge in [0.1, 0.15) is 5.56 Å². The second-order valence-electron chi connectivity index (χ2n) is 4.56. The molecule has 2 N–H and O–H groups in total. The van der Waals surface area contributed by atoms with E-state index in [1.165, 1.54) is 6.42 Å². The lowest BCUT2D eigenvalue weighted by atomic mass is 10.1. The summed E-state index contributed by atoms with van der Waals surface area (Å²) in [5.74, 6) is -1.58. The van der Waals surface area contributed by atoms with Gasteiger partial charge in [0.25, 0.3) is 0 Å². The summed E-state index contributed by atoms with van der Waals surface area (Å²) in [6.07, 6.45) is 5.24. The van der Waals surface area contributed by atoms with Crippen molar-refractivity contribution in [3.8, 4) is 11.5 Å². The second-order valence-corrected chi connectivity index (χ2v) is 6.94. The molecule has 1 aromatic rings. The molecule has 0 heterocycles. The maximum atomic E-state index is 12.0. The van der Waals surface area contributed by atoms with Crippen molar-refractivity contribution in [1.29, 1.82) is 0 Å². The normalized spacial score (nSPS) is 10.7. The highest BCUT2D eigenvalue weighted by molar-refractivity contribution is 9.14. The number of hydrogen-bond donors (Lipinski definition) is 2. The highest BCUT2D eigenvalue weighted by atomic mass is 79.9. The van der Waals surface area contributed by atoms with Gasteiger partial charge in [0.2, 0.25) is 0 Å². The van der Waals surface area contributed by atoms with Gasteiger partial charge in [0.15, 0.2) is 11.5 Å². The minimum Gasteiger partial charge on any atom is -0.504 e. The Kier molecular flexibility index (Phi) is 8.05. The van der Waals surface area contributed by atoms with Gasteiger partial charge in [-0.05, 0) is 54.2 Å². The Labute approximate surface area is 149 Å². The molecule has 0 aliphatic carbocycles. The Bertz CT molecular complexity index is 488. The number of rotatable bonds is 7. The topological polar surface area (TPSA) is 66.8 Å². The van der Waals surface area contributed by atoms with Crippen molar-refractivity contribution in [1.82, 2.24) is 0 Å². The molecule has 0 unspecified atom stereocenters. The summed E-state index contributed by atoms with van der Waals surface area (Å²) in [4.78, 5) is 12.0. The molecule has 118 valence electrons. The van der Waals surface area contributed by atoms with Crippen LogP contribution in [0.25, 0.3) is 0 Å². The number of aromatic hydroxyl groups is 2. The predicted octanol–water partition coefficient (Wildman–Crippen LogP) is 5.51. The molecule has 21 heavy (non-hydrogen) atoms. The van der Waals surface area contributed by atoms with E-state index in [2.05, 4.69) is 54.7 Å². The van der Waals surface area contributed by atoms with Crippen LogP contribution in [-0.2, 0) is 4.74 Å². The van der Waals surface area contributed by atoms with E-state index in [1.807, 2.05) is 0 Å². The Balaban J connectivity index is 2.71. The lowest BCUT2D eigenvalue weighted by molar-refractivity contribution is 0.0492. The Morgan fingerprint density at radius 1 is 0.952 bits per heavy atom. The fourth-order valence-electron chi connectivity index (χ4n) is 1.77. The molecule has 1 aromatic carbocycles. The number of unbranched alkanes of at least 4 members (excludes halogenated alkanes) is 4. The number of ether oxygens (including phenoxy) is 1. The van der Waals surface area contributed by atoms with Crippen molar-refractivity contribution >= 4 is 53.8 Å². The first-order valence-electron chi connectivity index (χ1n) is 6.67. The molecular formula is C14H17Br3O4. The molecule has 0 saturated heterocycles. The molecule has 0 amide bonds. The van der Waals surface area contributed by atoms with Gasteiger partial charge in [-0.3, -0.25) is 0 Å². The van der Waals surface area contributed by atoms with Crippen LogP contribution in [0.5, 0.6) is 11.5 Å². The van der Waals surface area contributed by atoms with Gasteiger partial charge >= 0.3 is 5.97 Å². The van der Waals surface area contributed by atoms with E-state index in [4.69, 9.17) is 4.74 Å². The molecule has 1 rings (SSSR count). The van der Waals surface area contributed by atoms with Gasteiger partial charge in [-0.2, -0.15) is 0 Å². The summed E-state index contributed by atoms with van der Waals surface area (Å²) in [6.45, 7) is 2.43. The molecule has 0 aliphatic rings. The molecule has 4 nitrogen and oxygen atoms in total. The summed E-state index contributed by atoms with van der Waals surface area (Å²) >= 11 is 9.54. The number of hydrogen-bond acceptors (Lipinski definition) is 4. The Hall–Kier alpha value is -0.270. The van der Waals surface area contributed by atoms with Crippen molar-refractivity contribution in [3.05, 3.63) is 19.0 Å². The third-order valence-electron chi connectivity index (χ3n) is 2.96. The second kappa shape index (κ2) is 9.00. The quantitative estimate of drug-likeness (QED) is 0.230. The first-order valence-corrected chi connectivity index (χ1v) is 9.05. The van der Waals surface area contributed by atoms with Crippen LogP contribution in [-0.4, -0.2) is 22.8 Å². The van der Waals surface area contributed by atoms with Crippen molar-refractivity contribution in [2.45, 2.75) is 39.0 Å². The molecule has 0 radical (unpaired) electrons. The molecule has 0 saturated carbocycles. The van der Waals surface area contributed by atoms with Crippen LogP contribution < -0.4 is 0 Å². The van der Waals surface area contributed by atoms with E-state index in [9.17, 15) is 15.0 Å². The molecule has 0 aromatic heterocycles. The van der Waals surface area contributed by atoms with Crippen LogP contribution in [0.4, 0.5) is 0 Å². The number of halogens is 3. The maximum Gasteiger partial charge on any atom is 0.343 e. The van der Waals surface area contributed by atoms with Crippen molar-refractivity contribution in [2.24, 2.45) is 0 Å². The SMILES string of the molecule is CCCCCCCOC(=O)c1c(O)c(O)c(Br)c(Br)c1Br. The van der Waals surface area contributed by atoms with Crippen LogP contribution >= 0.6 is 47.8 Å².